The Kier molecular flexibility index (Phi) is 16.1. The second-order valence-corrected chi connectivity index (χ2v) is 11.5. The summed E-state index contributed by atoms with van der Waals surface area (Å²) in [5.41, 5.74) is 0. The molecule has 3 rings (SSSR count). The lowest BCUT2D eigenvalue weighted by molar-refractivity contribution is -0.145. The quantitative estimate of drug-likeness (QED) is 0.252. The second-order valence-electron chi connectivity index (χ2n) is 11.5. The molecule has 2 heterocycles. The Bertz CT molecular complexity index is 599. The maximum Gasteiger partial charge on any atom is 0.305 e. The van der Waals surface area contributed by atoms with Crippen LogP contribution < -0.4 is 0 Å². The first kappa shape index (κ1) is 29.9. The number of esters is 2. The van der Waals surface area contributed by atoms with Gasteiger partial charge in [0, 0.05) is 12.8 Å². The van der Waals surface area contributed by atoms with Crippen LogP contribution in [0.2, 0.25) is 0 Å². The molecule has 1 aliphatic carbocycles. The summed E-state index contributed by atoms with van der Waals surface area (Å²) >= 11 is 0. The van der Waals surface area contributed by atoms with E-state index in [1.54, 1.807) is 0 Å². The fraction of sp³-hybridized carbons (Fsp3) is 0.871. The minimum Gasteiger partial charge on any atom is -0.466 e. The molecular formula is C31H54O4. The molecule has 0 N–H and O–H groups in total. The molecular weight excluding hydrogens is 436 g/mol. The van der Waals surface area contributed by atoms with Crippen LogP contribution in [0.1, 0.15) is 136 Å². The lowest BCUT2D eigenvalue weighted by atomic mass is 9.99. The summed E-state index contributed by atoms with van der Waals surface area (Å²) in [4.78, 5) is 22.9. The number of allylic oxidation sites excluding steroid dienone is 2. The zero-order chi connectivity index (χ0) is 25.1. The van der Waals surface area contributed by atoms with Gasteiger partial charge in [-0.05, 0) is 81.5 Å². The van der Waals surface area contributed by atoms with Gasteiger partial charge in [-0.25, -0.2) is 0 Å². The minimum atomic E-state index is -0.0115. The van der Waals surface area contributed by atoms with E-state index in [2.05, 4.69) is 26.0 Å². The van der Waals surface area contributed by atoms with Crippen LogP contribution in [0.5, 0.6) is 0 Å². The summed E-state index contributed by atoms with van der Waals surface area (Å²) in [6.07, 6.45) is 26.7. The Morgan fingerprint density at radius 1 is 0.600 bits per heavy atom. The van der Waals surface area contributed by atoms with Gasteiger partial charge in [-0.15, -0.1) is 0 Å². The number of fused-ring (bicyclic) bond motifs is 1. The summed E-state index contributed by atoms with van der Waals surface area (Å²) in [6, 6.07) is 0. The Balaban J connectivity index is 0.000000247. The lowest BCUT2D eigenvalue weighted by Gasteiger charge is -2.11. The predicted molar refractivity (Wildman–Crippen MR) is 144 cm³/mol. The van der Waals surface area contributed by atoms with Crippen molar-refractivity contribution in [2.75, 3.05) is 13.2 Å². The molecule has 0 aromatic rings. The van der Waals surface area contributed by atoms with Crippen molar-refractivity contribution in [2.45, 2.75) is 136 Å². The van der Waals surface area contributed by atoms with E-state index >= 15 is 0 Å². The molecule has 0 bridgehead atoms. The molecule has 0 amide bonds. The molecule has 0 spiro atoms. The van der Waals surface area contributed by atoms with Gasteiger partial charge in [0.25, 0.3) is 0 Å². The van der Waals surface area contributed by atoms with Gasteiger partial charge in [0.2, 0.25) is 0 Å². The highest BCUT2D eigenvalue weighted by molar-refractivity contribution is 5.69. The zero-order valence-electron chi connectivity index (χ0n) is 22.9. The van der Waals surface area contributed by atoms with Crippen molar-refractivity contribution in [2.24, 2.45) is 23.7 Å². The van der Waals surface area contributed by atoms with Crippen LogP contribution in [0.4, 0.5) is 0 Å². The van der Waals surface area contributed by atoms with Crippen LogP contribution in [-0.2, 0) is 19.1 Å². The summed E-state index contributed by atoms with van der Waals surface area (Å²) in [7, 11) is 0. The maximum absolute atomic E-state index is 11.5. The van der Waals surface area contributed by atoms with Crippen LogP contribution in [0, 0.1) is 23.7 Å². The minimum absolute atomic E-state index is 0.0115. The average Bonchev–Trinajstić information content (AvgIpc) is 3.56. The molecule has 1 saturated carbocycles. The third kappa shape index (κ3) is 16.1. The summed E-state index contributed by atoms with van der Waals surface area (Å²) in [5, 5.41) is 0. The van der Waals surface area contributed by atoms with Crippen molar-refractivity contribution in [1.29, 1.82) is 0 Å². The van der Waals surface area contributed by atoms with Crippen molar-refractivity contribution in [3.63, 3.8) is 0 Å². The first-order chi connectivity index (χ1) is 17.0. The fourth-order valence-electron chi connectivity index (χ4n) is 5.31. The number of cyclic esters (lactones) is 2. The van der Waals surface area contributed by atoms with Crippen LogP contribution in [0.15, 0.2) is 12.2 Å². The van der Waals surface area contributed by atoms with Gasteiger partial charge in [0.15, 0.2) is 0 Å². The molecule has 4 heteroatoms. The Labute approximate surface area is 216 Å². The lowest BCUT2D eigenvalue weighted by Crippen LogP contribution is -2.09. The molecule has 35 heavy (non-hydrogen) atoms. The van der Waals surface area contributed by atoms with Gasteiger partial charge in [-0.1, -0.05) is 77.4 Å². The monoisotopic (exact) mass is 490 g/mol. The van der Waals surface area contributed by atoms with Crippen molar-refractivity contribution in [3.05, 3.63) is 12.2 Å². The number of ether oxygens (including phenoxy) is 2. The Morgan fingerprint density at radius 3 is 1.86 bits per heavy atom. The molecule has 0 radical (unpaired) electrons. The first-order valence-electron chi connectivity index (χ1n) is 15.0. The maximum atomic E-state index is 11.5. The molecule has 0 aromatic carbocycles. The number of carbonyl (C=O) groups excluding carboxylic acids is 2. The van der Waals surface area contributed by atoms with E-state index in [4.69, 9.17) is 9.47 Å². The topological polar surface area (TPSA) is 52.6 Å². The Hall–Kier alpha value is -1.32. The fourth-order valence-corrected chi connectivity index (χ4v) is 5.31. The van der Waals surface area contributed by atoms with Crippen molar-refractivity contribution in [3.8, 4) is 0 Å². The van der Waals surface area contributed by atoms with E-state index in [9.17, 15) is 9.59 Å². The summed E-state index contributed by atoms with van der Waals surface area (Å²) < 4.78 is 10.5. The number of carbonyl (C=O) groups is 2. The number of hydrogen-bond donors (Lipinski definition) is 0. The van der Waals surface area contributed by atoms with Crippen molar-refractivity contribution >= 4 is 11.9 Å². The van der Waals surface area contributed by atoms with Crippen LogP contribution in [0.25, 0.3) is 0 Å². The van der Waals surface area contributed by atoms with E-state index in [0.717, 1.165) is 56.3 Å². The second kappa shape index (κ2) is 18.9. The normalized spacial score (nSPS) is 31.8. The predicted octanol–water partition coefficient (Wildman–Crippen LogP) is 8.57. The van der Waals surface area contributed by atoms with Crippen molar-refractivity contribution < 1.29 is 19.1 Å². The molecule has 2 aliphatic heterocycles. The molecule has 3 aliphatic rings. The van der Waals surface area contributed by atoms with Crippen LogP contribution in [-0.4, -0.2) is 25.2 Å². The molecule has 2 fully saturated rings. The molecule has 1 saturated heterocycles. The van der Waals surface area contributed by atoms with Gasteiger partial charge < -0.3 is 9.47 Å². The smallest absolute Gasteiger partial charge is 0.305 e. The van der Waals surface area contributed by atoms with E-state index in [1.165, 1.54) is 70.6 Å². The summed E-state index contributed by atoms with van der Waals surface area (Å²) in [5.74, 6) is 3.35. The Morgan fingerprint density at radius 2 is 1.17 bits per heavy atom. The highest BCUT2D eigenvalue weighted by atomic mass is 16.5. The molecule has 4 atom stereocenters. The largest absolute Gasteiger partial charge is 0.466 e. The SMILES string of the molecule is CC1C/C=C\CCCCCCCC(=O)OCC1.CC1CCOC(=O)CCCCCCCC2CC2C1. The van der Waals surface area contributed by atoms with Gasteiger partial charge in [0.05, 0.1) is 13.2 Å². The standard InChI is InChI=1S/C16H28O2.C15H26O2/c1-13-9-10-18-16(17)8-6-4-2-3-5-7-14-12-15(14)11-13;1-14-10-8-6-4-2-3-5-7-9-11-15(16)17-13-12-14/h13-15H,2-12H2,1H3;6,8,14H,2-5,7,9-13H2,1H3/b;8-6-. The van der Waals surface area contributed by atoms with E-state index in [1.807, 2.05) is 0 Å². The summed E-state index contributed by atoms with van der Waals surface area (Å²) in [6.45, 7) is 5.75. The zero-order valence-corrected chi connectivity index (χ0v) is 22.9. The van der Waals surface area contributed by atoms with Gasteiger partial charge >= 0.3 is 11.9 Å². The molecule has 4 unspecified atom stereocenters. The van der Waals surface area contributed by atoms with E-state index < -0.39 is 0 Å². The first-order valence-corrected chi connectivity index (χ1v) is 15.0. The van der Waals surface area contributed by atoms with Crippen LogP contribution in [0.3, 0.4) is 0 Å². The van der Waals surface area contributed by atoms with Crippen molar-refractivity contribution in [1.82, 2.24) is 0 Å². The number of rotatable bonds is 0. The third-order valence-electron chi connectivity index (χ3n) is 7.93. The highest BCUT2D eigenvalue weighted by Crippen LogP contribution is 2.46. The van der Waals surface area contributed by atoms with Crippen LogP contribution >= 0.6 is 0 Å². The average molecular weight is 491 g/mol. The molecule has 4 nitrogen and oxygen atoms in total. The van der Waals surface area contributed by atoms with E-state index in [-0.39, 0.29) is 11.9 Å². The third-order valence-corrected chi connectivity index (χ3v) is 7.93. The van der Waals surface area contributed by atoms with Gasteiger partial charge in [-0.2, -0.15) is 0 Å². The molecule has 202 valence electrons. The molecule has 0 aromatic heterocycles. The van der Waals surface area contributed by atoms with Gasteiger partial charge in [0.1, 0.15) is 0 Å². The highest BCUT2D eigenvalue weighted by Gasteiger charge is 2.36. The van der Waals surface area contributed by atoms with Gasteiger partial charge in [-0.3, -0.25) is 9.59 Å². The number of hydrogen-bond acceptors (Lipinski definition) is 4. The van der Waals surface area contributed by atoms with E-state index in [0.29, 0.717) is 32.0 Å².